The second-order valence-corrected chi connectivity index (χ2v) is 6.73. The predicted molar refractivity (Wildman–Crippen MR) is 59.3 cm³/mol. The molecule has 1 aliphatic rings. The summed E-state index contributed by atoms with van der Waals surface area (Å²) in [5.41, 5.74) is 0. The number of hydrogen-bond acceptors (Lipinski definition) is 3. The van der Waals surface area contributed by atoms with E-state index < -0.39 is 15.1 Å². The topological polar surface area (TPSA) is 63.2 Å². The van der Waals surface area contributed by atoms with Crippen LogP contribution < -0.4 is 5.32 Å². The standard InChI is InChI=1S/C10H19NO3S/c1-8(15(2,13)14)10(12)11-7-9-5-3-4-6-9/h8-9H,3-7H2,1-2H3,(H,11,12)/t8-/m0/s1. The van der Waals surface area contributed by atoms with Crippen molar-refractivity contribution in [2.45, 2.75) is 37.9 Å². The fraction of sp³-hybridized carbons (Fsp3) is 0.900. The summed E-state index contributed by atoms with van der Waals surface area (Å²) in [5.74, 6) is 0.171. The van der Waals surface area contributed by atoms with Gasteiger partial charge in [-0.1, -0.05) is 12.8 Å². The molecule has 5 heteroatoms. The van der Waals surface area contributed by atoms with Crippen molar-refractivity contribution in [1.82, 2.24) is 5.32 Å². The molecule has 0 aromatic heterocycles. The molecule has 0 aromatic rings. The monoisotopic (exact) mass is 233 g/mol. The van der Waals surface area contributed by atoms with Gasteiger partial charge >= 0.3 is 0 Å². The minimum atomic E-state index is -3.26. The van der Waals surface area contributed by atoms with Gasteiger partial charge in [0.1, 0.15) is 5.25 Å². The average Bonchev–Trinajstić information content (AvgIpc) is 2.63. The zero-order chi connectivity index (χ0) is 11.5. The minimum Gasteiger partial charge on any atom is -0.355 e. The average molecular weight is 233 g/mol. The fourth-order valence-corrected chi connectivity index (χ4v) is 2.27. The van der Waals surface area contributed by atoms with Gasteiger partial charge < -0.3 is 5.32 Å². The van der Waals surface area contributed by atoms with Gasteiger partial charge in [0.05, 0.1) is 0 Å². The van der Waals surface area contributed by atoms with Crippen LogP contribution in [0.3, 0.4) is 0 Å². The molecule has 0 bridgehead atoms. The Labute approximate surface area is 91.4 Å². The molecule has 1 saturated carbocycles. The van der Waals surface area contributed by atoms with E-state index in [0.717, 1.165) is 19.1 Å². The van der Waals surface area contributed by atoms with Crippen LogP contribution in [0.15, 0.2) is 0 Å². The highest BCUT2D eigenvalue weighted by atomic mass is 32.2. The maximum atomic E-state index is 11.5. The van der Waals surface area contributed by atoms with Crippen LogP contribution in [0.1, 0.15) is 32.6 Å². The Morgan fingerprint density at radius 2 is 1.93 bits per heavy atom. The first-order valence-electron chi connectivity index (χ1n) is 5.38. The number of nitrogens with one attached hydrogen (secondary N) is 1. The zero-order valence-electron chi connectivity index (χ0n) is 9.32. The molecule has 0 saturated heterocycles. The molecule has 4 nitrogen and oxygen atoms in total. The molecule has 1 amide bonds. The second-order valence-electron chi connectivity index (χ2n) is 4.37. The highest BCUT2D eigenvalue weighted by molar-refractivity contribution is 7.92. The van der Waals surface area contributed by atoms with Gasteiger partial charge in [0.25, 0.3) is 0 Å². The van der Waals surface area contributed by atoms with Crippen LogP contribution in [-0.2, 0) is 14.6 Å². The van der Waals surface area contributed by atoms with E-state index in [9.17, 15) is 13.2 Å². The van der Waals surface area contributed by atoms with Crippen molar-refractivity contribution in [3.8, 4) is 0 Å². The number of rotatable bonds is 4. The summed E-state index contributed by atoms with van der Waals surface area (Å²) in [6.45, 7) is 2.05. The van der Waals surface area contributed by atoms with E-state index in [0.29, 0.717) is 12.5 Å². The van der Waals surface area contributed by atoms with Crippen LogP contribution in [0.2, 0.25) is 0 Å². The summed E-state index contributed by atoms with van der Waals surface area (Å²) in [5, 5.41) is 1.78. The van der Waals surface area contributed by atoms with Crippen LogP contribution in [-0.4, -0.2) is 32.4 Å². The molecule has 0 radical (unpaired) electrons. The molecular formula is C10H19NO3S. The molecule has 1 fully saturated rings. The Kier molecular flexibility index (Phi) is 4.13. The maximum Gasteiger partial charge on any atom is 0.238 e. The van der Waals surface area contributed by atoms with Gasteiger partial charge in [-0.3, -0.25) is 4.79 Å². The van der Waals surface area contributed by atoms with Gasteiger partial charge in [0.15, 0.2) is 9.84 Å². The van der Waals surface area contributed by atoms with E-state index in [-0.39, 0.29) is 5.91 Å². The lowest BCUT2D eigenvalue weighted by atomic mass is 10.1. The molecule has 15 heavy (non-hydrogen) atoms. The van der Waals surface area contributed by atoms with Gasteiger partial charge in [-0.05, 0) is 25.7 Å². The molecule has 1 aliphatic carbocycles. The van der Waals surface area contributed by atoms with Crippen molar-refractivity contribution in [1.29, 1.82) is 0 Å². The Bertz CT molecular complexity index is 318. The highest BCUT2D eigenvalue weighted by Crippen LogP contribution is 2.23. The van der Waals surface area contributed by atoms with Crippen molar-refractivity contribution in [2.24, 2.45) is 5.92 Å². The molecule has 88 valence electrons. The largest absolute Gasteiger partial charge is 0.355 e. The molecular weight excluding hydrogens is 214 g/mol. The maximum absolute atomic E-state index is 11.5. The third kappa shape index (κ3) is 3.81. The first-order chi connectivity index (χ1) is 6.91. The van der Waals surface area contributed by atoms with Crippen LogP contribution in [0, 0.1) is 5.92 Å². The Morgan fingerprint density at radius 1 is 1.40 bits per heavy atom. The third-order valence-electron chi connectivity index (χ3n) is 3.05. The molecule has 0 aliphatic heterocycles. The Balaban J connectivity index is 2.35. The molecule has 0 heterocycles. The second kappa shape index (κ2) is 4.96. The van der Waals surface area contributed by atoms with Crippen LogP contribution in [0.25, 0.3) is 0 Å². The van der Waals surface area contributed by atoms with Crippen LogP contribution in [0.5, 0.6) is 0 Å². The summed E-state index contributed by atoms with van der Waals surface area (Å²) in [7, 11) is -3.26. The highest BCUT2D eigenvalue weighted by Gasteiger charge is 2.24. The number of carbonyl (C=O) groups is 1. The smallest absolute Gasteiger partial charge is 0.238 e. The SMILES string of the molecule is C[C@@H](C(=O)NCC1CCCC1)S(C)(=O)=O. The fourth-order valence-electron chi connectivity index (χ4n) is 1.80. The van der Waals surface area contributed by atoms with E-state index in [4.69, 9.17) is 0 Å². The van der Waals surface area contributed by atoms with Gasteiger partial charge in [-0.25, -0.2) is 8.42 Å². The van der Waals surface area contributed by atoms with Gasteiger partial charge in [0.2, 0.25) is 5.91 Å². The number of sulfone groups is 1. The summed E-state index contributed by atoms with van der Waals surface area (Å²) in [6.07, 6.45) is 5.83. The molecule has 0 unspecified atom stereocenters. The molecule has 1 N–H and O–H groups in total. The van der Waals surface area contributed by atoms with Gasteiger partial charge in [-0.2, -0.15) is 0 Å². The summed E-state index contributed by atoms with van der Waals surface area (Å²) in [6, 6.07) is 0. The summed E-state index contributed by atoms with van der Waals surface area (Å²) in [4.78, 5) is 11.5. The number of amides is 1. The summed E-state index contributed by atoms with van der Waals surface area (Å²) < 4.78 is 22.2. The zero-order valence-corrected chi connectivity index (χ0v) is 10.1. The van der Waals surface area contributed by atoms with Crippen molar-refractivity contribution < 1.29 is 13.2 Å². The Morgan fingerprint density at radius 3 is 2.40 bits per heavy atom. The molecule has 0 aromatic carbocycles. The molecule has 0 spiro atoms. The van der Waals surface area contributed by atoms with Crippen LogP contribution >= 0.6 is 0 Å². The lowest BCUT2D eigenvalue weighted by Gasteiger charge is -2.13. The lowest BCUT2D eigenvalue weighted by Crippen LogP contribution is -2.39. The van der Waals surface area contributed by atoms with Crippen molar-refractivity contribution in [3.05, 3.63) is 0 Å². The van der Waals surface area contributed by atoms with Gasteiger partial charge in [0, 0.05) is 12.8 Å². The third-order valence-corrected chi connectivity index (χ3v) is 4.55. The van der Waals surface area contributed by atoms with Crippen LogP contribution in [0.4, 0.5) is 0 Å². The van der Waals surface area contributed by atoms with Crippen molar-refractivity contribution in [3.63, 3.8) is 0 Å². The van der Waals surface area contributed by atoms with E-state index in [2.05, 4.69) is 5.32 Å². The van der Waals surface area contributed by atoms with Gasteiger partial charge in [-0.15, -0.1) is 0 Å². The van der Waals surface area contributed by atoms with Crippen molar-refractivity contribution >= 4 is 15.7 Å². The summed E-state index contributed by atoms with van der Waals surface area (Å²) >= 11 is 0. The first-order valence-corrected chi connectivity index (χ1v) is 7.33. The minimum absolute atomic E-state index is 0.371. The first kappa shape index (κ1) is 12.5. The molecule has 1 atom stereocenters. The van der Waals surface area contributed by atoms with Crippen molar-refractivity contribution in [2.75, 3.05) is 12.8 Å². The van der Waals surface area contributed by atoms with E-state index in [1.54, 1.807) is 0 Å². The lowest BCUT2D eigenvalue weighted by molar-refractivity contribution is -0.120. The number of carbonyl (C=O) groups excluding carboxylic acids is 1. The molecule has 1 rings (SSSR count). The Hall–Kier alpha value is -0.580. The normalized spacial score (nSPS) is 20.1. The van der Waals surface area contributed by atoms with E-state index >= 15 is 0 Å². The number of hydrogen-bond donors (Lipinski definition) is 1. The quantitative estimate of drug-likeness (QED) is 0.778. The van der Waals surface area contributed by atoms with E-state index in [1.165, 1.54) is 19.8 Å². The van der Waals surface area contributed by atoms with E-state index in [1.807, 2.05) is 0 Å². The predicted octanol–water partition coefficient (Wildman–Crippen LogP) is 0.726.